The molecule has 1 aromatic carbocycles. The van der Waals surface area contributed by atoms with Gasteiger partial charge in [-0.25, -0.2) is 4.39 Å². The summed E-state index contributed by atoms with van der Waals surface area (Å²) in [5.41, 5.74) is 1.27. The van der Waals surface area contributed by atoms with Crippen molar-refractivity contribution in [1.29, 1.82) is 0 Å². The van der Waals surface area contributed by atoms with Crippen LogP contribution in [0.5, 0.6) is 0 Å². The highest BCUT2D eigenvalue weighted by Gasteiger charge is 2.26. The molecule has 76 valence electrons. The molecule has 1 fully saturated rings. The normalized spacial score (nSPS) is 26.7. The summed E-state index contributed by atoms with van der Waals surface area (Å²) in [5.74, 6) is 1.13. The molecule has 0 amide bonds. The fourth-order valence-electron chi connectivity index (χ4n) is 2.26. The van der Waals surface area contributed by atoms with Gasteiger partial charge in [0.2, 0.25) is 0 Å². The predicted octanol–water partition coefficient (Wildman–Crippen LogP) is 2.54. The zero-order valence-corrected chi connectivity index (χ0v) is 8.46. The van der Waals surface area contributed by atoms with E-state index < -0.39 is 0 Å². The molecule has 1 saturated heterocycles. The molecule has 0 aromatic heterocycles. The summed E-state index contributed by atoms with van der Waals surface area (Å²) >= 11 is 0. The van der Waals surface area contributed by atoms with Crippen LogP contribution in [0.4, 0.5) is 4.39 Å². The van der Waals surface area contributed by atoms with Crippen molar-refractivity contribution >= 4 is 0 Å². The van der Waals surface area contributed by atoms with E-state index in [1.807, 2.05) is 12.1 Å². The number of hydrogen-bond donors (Lipinski definition) is 1. The van der Waals surface area contributed by atoms with Gasteiger partial charge >= 0.3 is 0 Å². The van der Waals surface area contributed by atoms with Crippen LogP contribution >= 0.6 is 0 Å². The van der Waals surface area contributed by atoms with Gasteiger partial charge in [-0.05, 0) is 30.2 Å². The van der Waals surface area contributed by atoms with Crippen LogP contribution in [-0.4, -0.2) is 13.1 Å². The van der Waals surface area contributed by atoms with Gasteiger partial charge in [-0.2, -0.15) is 0 Å². The minimum absolute atomic E-state index is 0.146. The minimum Gasteiger partial charge on any atom is -0.316 e. The van der Waals surface area contributed by atoms with Crippen molar-refractivity contribution in [1.82, 2.24) is 5.32 Å². The van der Waals surface area contributed by atoms with Crippen molar-refractivity contribution in [3.05, 3.63) is 35.6 Å². The Bertz CT molecular complexity index is 294. The molecule has 0 saturated carbocycles. The van der Waals surface area contributed by atoms with E-state index in [2.05, 4.69) is 12.2 Å². The maximum absolute atomic E-state index is 12.7. The van der Waals surface area contributed by atoms with Crippen LogP contribution in [0.1, 0.15) is 24.8 Å². The fraction of sp³-hybridized carbons (Fsp3) is 0.500. The van der Waals surface area contributed by atoms with E-state index in [0.717, 1.165) is 13.1 Å². The average Bonchev–Trinajstić information content (AvgIpc) is 2.67. The first-order chi connectivity index (χ1) is 6.81. The minimum atomic E-state index is -0.146. The van der Waals surface area contributed by atoms with E-state index in [4.69, 9.17) is 0 Å². The van der Waals surface area contributed by atoms with Crippen LogP contribution in [0.2, 0.25) is 0 Å². The number of benzene rings is 1. The lowest BCUT2D eigenvalue weighted by Crippen LogP contribution is -2.09. The van der Waals surface area contributed by atoms with Crippen LogP contribution in [-0.2, 0) is 0 Å². The third kappa shape index (κ3) is 1.80. The summed E-state index contributed by atoms with van der Waals surface area (Å²) in [6, 6.07) is 6.94. The molecule has 1 aliphatic heterocycles. The molecule has 0 radical (unpaired) electrons. The van der Waals surface area contributed by atoms with E-state index in [0.29, 0.717) is 11.8 Å². The molecule has 0 aliphatic carbocycles. The third-order valence-corrected chi connectivity index (χ3v) is 3.16. The highest BCUT2D eigenvalue weighted by atomic mass is 19.1. The number of rotatable bonds is 2. The molecule has 2 heteroatoms. The highest BCUT2D eigenvalue weighted by molar-refractivity contribution is 5.22. The monoisotopic (exact) mass is 193 g/mol. The van der Waals surface area contributed by atoms with Gasteiger partial charge in [0.1, 0.15) is 5.82 Å². The standard InChI is InChI=1S/C12H16FN/c1-2-9-7-14-8-12(9)10-3-5-11(13)6-4-10/h3-6,9,12,14H,2,7-8H2,1H3/t9-,12+/m1/s1. The van der Waals surface area contributed by atoms with Crippen molar-refractivity contribution in [3.8, 4) is 0 Å². The van der Waals surface area contributed by atoms with E-state index in [1.54, 1.807) is 12.1 Å². The first-order valence-electron chi connectivity index (χ1n) is 5.27. The topological polar surface area (TPSA) is 12.0 Å². The van der Waals surface area contributed by atoms with E-state index in [-0.39, 0.29) is 5.82 Å². The predicted molar refractivity (Wildman–Crippen MR) is 55.8 cm³/mol. The second kappa shape index (κ2) is 4.09. The maximum atomic E-state index is 12.7. The van der Waals surface area contributed by atoms with Gasteiger partial charge in [-0.1, -0.05) is 25.5 Å². The quantitative estimate of drug-likeness (QED) is 0.761. The molecular weight excluding hydrogens is 177 g/mol. The molecule has 2 rings (SSSR count). The van der Waals surface area contributed by atoms with Crippen molar-refractivity contribution in [2.24, 2.45) is 5.92 Å². The lowest BCUT2D eigenvalue weighted by molar-refractivity contribution is 0.502. The highest BCUT2D eigenvalue weighted by Crippen LogP contribution is 2.29. The summed E-state index contributed by atoms with van der Waals surface area (Å²) in [6.07, 6.45) is 1.19. The Morgan fingerprint density at radius 1 is 1.29 bits per heavy atom. The second-order valence-electron chi connectivity index (χ2n) is 3.98. The molecule has 1 heterocycles. The smallest absolute Gasteiger partial charge is 0.123 e. The Balaban J connectivity index is 2.17. The number of hydrogen-bond acceptors (Lipinski definition) is 1. The second-order valence-corrected chi connectivity index (χ2v) is 3.98. The largest absolute Gasteiger partial charge is 0.316 e. The Kier molecular flexibility index (Phi) is 2.82. The number of nitrogens with one attached hydrogen (secondary N) is 1. The average molecular weight is 193 g/mol. The van der Waals surface area contributed by atoms with Crippen molar-refractivity contribution < 1.29 is 4.39 Å². The molecule has 2 atom stereocenters. The lowest BCUT2D eigenvalue weighted by Gasteiger charge is -2.16. The SMILES string of the molecule is CC[C@@H]1CNC[C@@H]1c1ccc(F)cc1. The molecule has 1 N–H and O–H groups in total. The van der Waals surface area contributed by atoms with Crippen LogP contribution in [0.15, 0.2) is 24.3 Å². The van der Waals surface area contributed by atoms with E-state index >= 15 is 0 Å². The van der Waals surface area contributed by atoms with E-state index in [9.17, 15) is 4.39 Å². The van der Waals surface area contributed by atoms with Gasteiger partial charge < -0.3 is 5.32 Å². The van der Waals surface area contributed by atoms with Gasteiger partial charge in [0.05, 0.1) is 0 Å². The van der Waals surface area contributed by atoms with Crippen molar-refractivity contribution in [2.75, 3.05) is 13.1 Å². The Morgan fingerprint density at radius 3 is 2.64 bits per heavy atom. The lowest BCUT2D eigenvalue weighted by atomic mass is 9.87. The third-order valence-electron chi connectivity index (χ3n) is 3.16. The first kappa shape index (κ1) is 9.66. The van der Waals surface area contributed by atoms with Gasteiger partial charge in [0.15, 0.2) is 0 Å². The van der Waals surface area contributed by atoms with Gasteiger partial charge in [0, 0.05) is 12.5 Å². The molecule has 0 spiro atoms. The Morgan fingerprint density at radius 2 is 2.00 bits per heavy atom. The molecular formula is C12H16FN. The summed E-state index contributed by atoms with van der Waals surface area (Å²) in [7, 11) is 0. The maximum Gasteiger partial charge on any atom is 0.123 e. The van der Waals surface area contributed by atoms with Crippen LogP contribution in [0.25, 0.3) is 0 Å². The molecule has 0 bridgehead atoms. The van der Waals surface area contributed by atoms with Gasteiger partial charge in [-0.15, -0.1) is 0 Å². The summed E-state index contributed by atoms with van der Waals surface area (Å²) < 4.78 is 12.7. The van der Waals surface area contributed by atoms with Gasteiger partial charge in [0.25, 0.3) is 0 Å². The summed E-state index contributed by atoms with van der Waals surface area (Å²) in [4.78, 5) is 0. The molecule has 14 heavy (non-hydrogen) atoms. The molecule has 1 nitrogen and oxygen atoms in total. The van der Waals surface area contributed by atoms with Crippen molar-refractivity contribution in [2.45, 2.75) is 19.3 Å². The van der Waals surface area contributed by atoms with Crippen LogP contribution in [0.3, 0.4) is 0 Å². The summed E-state index contributed by atoms with van der Waals surface area (Å²) in [6.45, 7) is 4.34. The first-order valence-corrected chi connectivity index (χ1v) is 5.27. The Hall–Kier alpha value is -0.890. The zero-order valence-electron chi connectivity index (χ0n) is 8.46. The molecule has 1 aliphatic rings. The molecule has 1 aromatic rings. The van der Waals surface area contributed by atoms with E-state index in [1.165, 1.54) is 12.0 Å². The fourth-order valence-corrected chi connectivity index (χ4v) is 2.26. The molecule has 0 unspecified atom stereocenters. The van der Waals surface area contributed by atoms with Crippen LogP contribution in [0, 0.1) is 11.7 Å². The zero-order chi connectivity index (χ0) is 9.97. The van der Waals surface area contributed by atoms with Crippen LogP contribution < -0.4 is 5.32 Å². The van der Waals surface area contributed by atoms with Gasteiger partial charge in [-0.3, -0.25) is 0 Å². The Labute approximate surface area is 84.3 Å². The number of halogens is 1. The summed E-state index contributed by atoms with van der Waals surface area (Å²) in [5, 5.41) is 3.39. The van der Waals surface area contributed by atoms with Crippen molar-refractivity contribution in [3.63, 3.8) is 0 Å².